The molecule has 0 saturated carbocycles. The quantitative estimate of drug-likeness (QED) is 0.911. The molecule has 6 nitrogen and oxygen atoms in total. The summed E-state index contributed by atoms with van der Waals surface area (Å²) in [4.78, 5) is 16.0. The zero-order valence-corrected chi connectivity index (χ0v) is 14.4. The lowest BCUT2D eigenvalue weighted by Gasteiger charge is -2.19. The third-order valence-corrected chi connectivity index (χ3v) is 3.64. The van der Waals surface area contributed by atoms with Crippen molar-refractivity contribution in [3.63, 3.8) is 0 Å². The Morgan fingerprint density at radius 1 is 1.30 bits per heavy atom. The number of nitrogens with zero attached hydrogens (tertiary/aromatic N) is 3. The summed E-state index contributed by atoms with van der Waals surface area (Å²) in [7, 11) is 0. The van der Waals surface area contributed by atoms with Crippen LogP contribution >= 0.6 is 0 Å². The molecule has 0 bridgehead atoms. The summed E-state index contributed by atoms with van der Waals surface area (Å²) in [6.45, 7) is 10.7. The molecule has 0 radical (unpaired) electrons. The van der Waals surface area contributed by atoms with Crippen molar-refractivity contribution in [3.05, 3.63) is 47.5 Å². The Kier molecular flexibility index (Phi) is 5.03. The molecule has 0 fully saturated rings. The van der Waals surface area contributed by atoms with E-state index in [1.54, 1.807) is 12.4 Å². The fourth-order valence-corrected chi connectivity index (χ4v) is 2.25. The monoisotopic (exact) mass is 315 g/mol. The lowest BCUT2D eigenvalue weighted by molar-refractivity contribution is 0.237. The number of aromatic nitrogens is 3. The van der Waals surface area contributed by atoms with E-state index in [-0.39, 0.29) is 17.6 Å². The topological polar surface area (TPSA) is 71.8 Å². The molecule has 2 rings (SSSR count). The Balaban J connectivity index is 1.95. The van der Waals surface area contributed by atoms with Crippen LogP contribution in [0.1, 0.15) is 50.6 Å². The lowest BCUT2D eigenvalue weighted by Crippen LogP contribution is -2.36. The second kappa shape index (κ2) is 6.81. The molecule has 0 aliphatic heterocycles. The number of hydrogen-bond acceptors (Lipinski definition) is 3. The van der Waals surface area contributed by atoms with Crippen LogP contribution in [0, 0.1) is 6.92 Å². The zero-order valence-electron chi connectivity index (χ0n) is 14.4. The molecule has 2 aromatic rings. The van der Waals surface area contributed by atoms with Crippen molar-refractivity contribution in [2.24, 2.45) is 0 Å². The molecule has 2 amide bonds. The van der Waals surface area contributed by atoms with E-state index in [2.05, 4.69) is 41.5 Å². The van der Waals surface area contributed by atoms with E-state index in [1.807, 2.05) is 36.9 Å². The third-order valence-electron chi connectivity index (χ3n) is 3.64. The number of aryl methyl sites for hydroxylation is 1. The van der Waals surface area contributed by atoms with Gasteiger partial charge in [-0.1, -0.05) is 0 Å². The molecule has 0 aliphatic rings. The molecule has 2 N–H and O–H groups in total. The average Bonchev–Trinajstić information content (AvgIpc) is 2.88. The first kappa shape index (κ1) is 17.0. The number of amides is 2. The van der Waals surface area contributed by atoms with Gasteiger partial charge >= 0.3 is 6.03 Å². The van der Waals surface area contributed by atoms with Crippen LogP contribution in [-0.4, -0.2) is 20.8 Å². The van der Waals surface area contributed by atoms with Crippen LogP contribution in [0.25, 0.3) is 0 Å². The highest BCUT2D eigenvalue weighted by Crippen LogP contribution is 2.20. The second-order valence-electron chi connectivity index (χ2n) is 6.69. The van der Waals surface area contributed by atoms with E-state index < -0.39 is 0 Å². The van der Waals surface area contributed by atoms with Gasteiger partial charge < -0.3 is 10.6 Å². The number of hydrogen-bond donors (Lipinski definition) is 2. The van der Waals surface area contributed by atoms with Gasteiger partial charge in [-0.15, -0.1) is 0 Å². The van der Waals surface area contributed by atoms with Crippen LogP contribution in [-0.2, 0) is 12.1 Å². The largest absolute Gasteiger partial charge is 0.334 e. The van der Waals surface area contributed by atoms with Crippen molar-refractivity contribution < 1.29 is 4.79 Å². The van der Waals surface area contributed by atoms with Crippen molar-refractivity contribution in [1.29, 1.82) is 0 Å². The van der Waals surface area contributed by atoms with E-state index in [4.69, 9.17) is 0 Å². The Morgan fingerprint density at radius 2 is 1.96 bits per heavy atom. The minimum atomic E-state index is -0.197. The Hall–Kier alpha value is -2.37. The van der Waals surface area contributed by atoms with Gasteiger partial charge in [-0.25, -0.2) is 4.79 Å². The summed E-state index contributed by atoms with van der Waals surface area (Å²) < 4.78 is 1.94. The van der Waals surface area contributed by atoms with Crippen LogP contribution < -0.4 is 10.6 Å². The number of carbonyl (C=O) groups is 1. The van der Waals surface area contributed by atoms with E-state index in [0.29, 0.717) is 6.54 Å². The molecular formula is C17H25N5O. The predicted molar refractivity (Wildman–Crippen MR) is 90.0 cm³/mol. The van der Waals surface area contributed by atoms with Gasteiger partial charge in [-0.05, 0) is 52.3 Å². The molecule has 0 aromatic carbocycles. The van der Waals surface area contributed by atoms with Gasteiger partial charge in [0.1, 0.15) is 0 Å². The Morgan fingerprint density at radius 3 is 2.52 bits per heavy atom. The van der Waals surface area contributed by atoms with E-state index in [9.17, 15) is 4.79 Å². The maximum atomic E-state index is 12.1. The summed E-state index contributed by atoms with van der Waals surface area (Å²) >= 11 is 0. The smallest absolute Gasteiger partial charge is 0.315 e. The summed E-state index contributed by atoms with van der Waals surface area (Å²) in [5.74, 6) is 0. The second-order valence-corrected chi connectivity index (χ2v) is 6.69. The van der Waals surface area contributed by atoms with Gasteiger partial charge in [0.05, 0.1) is 17.3 Å². The number of nitrogens with one attached hydrogen (secondary N) is 2. The van der Waals surface area contributed by atoms with Gasteiger partial charge in [0.15, 0.2) is 0 Å². The van der Waals surface area contributed by atoms with Crippen LogP contribution in [0.5, 0.6) is 0 Å². The van der Waals surface area contributed by atoms with Crippen LogP contribution in [0.3, 0.4) is 0 Å². The summed E-state index contributed by atoms with van der Waals surface area (Å²) in [5.41, 5.74) is 2.90. The molecular weight excluding hydrogens is 290 g/mol. The zero-order chi connectivity index (χ0) is 17.0. The van der Waals surface area contributed by atoms with Crippen molar-refractivity contribution in [2.45, 2.75) is 52.7 Å². The molecule has 0 saturated heterocycles. The maximum absolute atomic E-state index is 12.1. The number of rotatable bonds is 4. The molecule has 124 valence electrons. The van der Waals surface area contributed by atoms with Gasteiger partial charge in [0, 0.05) is 30.7 Å². The summed E-state index contributed by atoms with van der Waals surface area (Å²) in [6, 6.07) is 3.45. The molecule has 2 aromatic heterocycles. The minimum absolute atomic E-state index is 0.0770. The average molecular weight is 315 g/mol. The molecule has 0 spiro atoms. The van der Waals surface area contributed by atoms with Crippen molar-refractivity contribution >= 4 is 6.03 Å². The number of pyridine rings is 1. The lowest BCUT2D eigenvalue weighted by atomic mass is 10.1. The normalized spacial score (nSPS) is 12.7. The fraction of sp³-hybridized carbons (Fsp3) is 0.471. The van der Waals surface area contributed by atoms with Gasteiger partial charge in [0.25, 0.3) is 0 Å². The minimum Gasteiger partial charge on any atom is -0.334 e. The predicted octanol–water partition coefficient (Wildman–Crippen LogP) is 2.90. The molecule has 1 atom stereocenters. The Labute approximate surface area is 137 Å². The van der Waals surface area contributed by atoms with Gasteiger partial charge in [-0.2, -0.15) is 5.10 Å². The standard InChI is InChI=1S/C17H25N5O/c1-12(15-11-22(17(3,4)5)21-13(15)2)20-16(23)19-10-14-6-8-18-9-7-14/h6-9,11-12H,10H2,1-5H3,(H2,19,20,23). The number of carbonyl (C=O) groups excluding carboxylic acids is 1. The van der Waals surface area contributed by atoms with Crippen molar-refractivity contribution in [1.82, 2.24) is 25.4 Å². The van der Waals surface area contributed by atoms with Crippen molar-refractivity contribution in [3.8, 4) is 0 Å². The number of urea groups is 1. The fourth-order valence-electron chi connectivity index (χ4n) is 2.25. The highest BCUT2D eigenvalue weighted by Gasteiger charge is 2.20. The molecule has 0 aliphatic carbocycles. The first-order valence-electron chi connectivity index (χ1n) is 7.77. The molecule has 23 heavy (non-hydrogen) atoms. The van der Waals surface area contributed by atoms with Crippen molar-refractivity contribution in [2.75, 3.05) is 0 Å². The molecule has 6 heteroatoms. The Bertz CT molecular complexity index is 657. The first-order chi connectivity index (χ1) is 10.8. The van der Waals surface area contributed by atoms with Gasteiger partial charge in [-0.3, -0.25) is 9.67 Å². The molecule has 2 heterocycles. The van der Waals surface area contributed by atoms with Crippen LogP contribution in [0.15, 0.2) is 30.7 Å². The summed E-state index contributed by atoms with van der Waals surface area (Å²) in [5, 5.41) is 10.3. The summed E-state index contributed by atoms with van der Waals surface area (Å²) in [6.07, 6.45) is 5.42. The molecule has 1 unspecified atom stereocenters. The maximum Gasteiger partial charge on any atom is 0.315 e. The first-order valence-corrected chi connectivity index (χ1v) is 7.77. The SMILES string of the molecule is Cc1nn(C(C)(C)C)cc1C(C)NC(=O)NCc1ccncc1. The third kappa shape index (κ3) is 4.55. The van der Waals surface area contributed by atoms with Crippen LogP contribution in [0.4, 0.5) is 4.79 Å². The highest BCUT2D eigenvalue weighted by molar-refractivity contribution is 5.74. The van der Waals surface area contributed by atoms with Crippen LogP contribution in [0.2, 0.25) is 0 Å². The van der Waals surface area contributed by atoms with E-state index >= 15 is 0 Å². The van der Waals surface area contributed by atoms with E-state index in [1.165, 1.54) is 0 Å². The van der Waals surface area contributed by atoms with E-state index in [0.717, 1.165) is 16.8 Å². The van der Waals surface area contributed by atoms with Gasteiger partial charge in [0.2, 0.25) is 0 Å². The highest BCUT2D eigenvalue weighted by atomic mass is 16.2.